The van der Waals surface area contributed by atoms with E-state index in [1.165, 1.54) is 0 Å². The predicted molar refractivity (Wildman–Crippen MR) is 121 cm³/mol. The zero-order chi connectivity index (χ0) is 20.3. The minimum Gasteiger partial charge on any atom is -0.480 e. The van der Waals surface area contributed by atoms with Gasteiger partial charge in [-0.1, -0.05) is 39.5 Å². The number of hydrogen-bond acceptors (Lipinski definition) is 7. The molecule has 0 radical (unpaired) electrons. The Morgan fingerprint density at radius 2 is 1.50 bits per heavy atom. The van der Waals surface area contributed by atoms with E-state index in [0.29, 0.717) is 6.42 Å². The van der Waals surface area contributed by atoms with Gasteiger partial charge in [-0.2, -0.15) is 0 Å². The van der Waals surface area contributed by atoms with Gasteiger partial charge in [-0.05, 0) is 88.0 Å². The molecule has 0 fully saturated rings. The van der Waals surface area contributed by atoms with Crippen molar-refractivity contribution in [3.8, 4) is 0 Å². The standard InChI is InChI=1S/C18H32O4S4/c1-7-9-10-14(8-2)11-18(15(19)20,25-16(23)21-12(3)4)26-17(24)22-13(5)6/h12-14H,7-11H2,1-6H3,(H,19,20). The van der Waals surface area contributed by atoms with Gasteiger partial charge in [0.2, 0.25) is 8.77 Å². The summed E-state index contributed by atoms with van der Waals surface area (Å²) in [5, 5.41) is 10.1. The number of ether oxygens (including phenoxy) is 2. The number of unbranched alkanes of at least 4 members (excludes halogenated alkanes) is 1. The summed E-state index contributed by atoms with van der Waals surface area (Å²) in [5.41, 5.74) is 0. The molecule has 1 atom stereocenters. The number of carboxylic acid groups (broad SMARTS) is 1. The lowest BCUT2D eigenvalue weighted by molar-refractivity contribution is -0.137. The van der Waals surface area contributed by atoms with Crippen molar-refractivity contribution in [3.05, 3.63) is 0 Å². The van der Waals surface area contributed by atoms with E-state index in [1.54, 1.807) is 0 Å². The first-order chi connectivity index (χ1) is 12.1. The zero-order valence-corrected chi connectivity index (χ0v) is 19.8. The van der Waals surface area contributed by atoms with Crippen molar-refractivity contribution in [1.29, 1.82) is 0 Å². The predicted octanol–water partition coefficient (Wildman–Crippen LogP) is 6.26. The number of thiocarbonyl (C=S) groups is 2. The summed E-state index contributed by atoms with van der Waals surface area (Å²) in [6, 6.07) is 0. The van der Waals surface area contributed by atoms with Gasteiger partial charge in [-0.3, -0.25) is 0 Å². The van der Waals surface area contributed by atoms with Crippen LogP contribution in [0.25, 0.3) is 0 Å². The van der Waals surface area contributed by atoms with Crippen LogP contribution >= 0.6 is 48.0 Å². The van der Waals surface area contributed by atoms with Crippen molar-refractivity contribution in [1.82, 2.24) is 0 Å². The maximum absolute atomic E-state index is 12.3. The summed E-state index contributed by atoms with van der Waals surface area (Å²) in [6.45, 7) is 11.7. The molecule has 0 aromatic carbocycles. The SMILES string of the molecule is CCCCC(CC)CC(SC(=S)OC(C)C)(SC(=S)OC(C)C)C(=O)O. The van der Waals surface area contributed by atoms with Crippen LogP contribution in [0.3, 0.4) is 0 Å². The van der Waals surface area contributed by atoms with Crippen LogP contribution in [-0.2, 0) is 14.3 Å². The lowest BCUT2D eigenvalue weighted by Gasteiger charge is -2.32. The lowest BCUT2D eigenvalue weighted by Crippen LogP contribution is -2.37. The minimum absolute atomic E-state index is 0.104. The van der Waals surface area contributed by atoms with E-state index in [1.807, 2.05) is 27.7 Å². The molecule has 0 aliphatic heterocycles. The topological polar surface area (TPSA) is 55.8 Å². The molecular formula is C18H32O4S4. The van der Waals surface area contributed by atoms with Crippen molar-refractivity contribution in [2.75, 3.05) is 0 Å². The Morgan fingerprint density at radius 3 is 1.81 bits per heavy atom. The minimum atomic E-state index is -1.24. The first-order valence-electron chi connectivity index (χ1n) is 9.08. The number of aliphatic carboxylic acids is 1. The van der Waals surface area contributed by atoms with Crippen molar-refractivity contribution < 1.29 is 19.4 Å². The fourth-order valence-electron chi connectivity index (χ4n) is 2.30. The van der Waals surface area contributed by atoms with E-state index in [9.17, 15) is 9.90 Å². The number of thioether (sulfide) groups is 2. The van der Waals surface area contributed by atoms with Crippen LogP contribution < -0.4 is 0 Å². The second-order valence-electron chi connectivity index (χ2n) is 6.72. The fraction of sp³-hybridized carbons (Fsp3) is 0.833. The van der Waals surface area contributed by atoms with Crippen molar-refractivity contribution in [2.45, 2.75) is 89.9 Å². The van der Waals surface area contributed by atoms with E-state index >= 15 is 0 Å². The second-order valence-corrected chi connectivity index (χ2v) is 10.8. The Labute approximate surface area is 177 Å². The molecule has 4 nitrogen and oxygen atoms in total. The average molecular weight is 441 g/mol. The summed E-state index contributed by atoms with van der Waals surface area (Å²) in [5.74, 6) is -0.679. The van der Waals surface area contributed by atoms with Crippen LogP contribution in [0.2, 0.25) is 0 Å². The van der Waals surface area contributed by atoms with E-state index in [0.717, 1.165) is 49.2 Å². The fourth-order valence-corrected chi connectivity index (χ4v) is 6.31. The number of hydrogen-bond donors (Lipinski definition) is 1. The third-order valence-electron chi connectivity index (χ3n) is 3.59. The molecule has 1 unspecified atom stereocenters. The maximum Gasteiger partial charge on any atom is 0.331 e. The molecule has 0 saturated heterocycles. The van der Waals surface area contributed by atoms with E-state index in [-0.39, 0.29) is 26.9 Å². The maximum atomic E-state index is 12.3. The van der Waals surface area contributed by atoms with Crippen LogP contribution in [0.4, 0.5) is 0 Å². The van der Waals surface area contributed by atoms with Crippen LogP contribution in [-0.4, -0.2) is 36.1 Å². The summed E-state index contributed by atoms with van der Waals surface area (Å²) < 4.78 is 10.3. The first kappa shape index (κ1) is 26.0. The molecule has 26 heavy (non-hydrogen) atoms. The highest BCUT2D eigenvalue weighted by Gasteiger charge is 2.45. The smallest absolute Gasteiger partial charge is 0.331 e. The zero-order valence-electron chi connectivity index (χ0n) is 16.6. The van der Waals surface area contributed by atoms with Gasteiger partial charge in [0.25, 0.3) is 0 Å². The molecule has 0 aliphatic carbocycles. The molecule has 0 aromatic rings. The number of rotatable bonds is 11. The van der Waals surface area contributed by atoms with Crippen LogP contribution in [0.1, 0.15) is 73.6 Å². The highest BCUT2D eigenvalue weighted by atomic mass is 32.2. The molecule has 152 valence electrons. The normalized spacial score (nSPS) is 12.9. The van der Waals surface area contributed by atoms with Gasteiger partial charge >= 0.3 is 5.97 Å². The van der Waals surface area contributed by atoms with Crippen molar-refractivity contribution in [3.63, 3.8) is 0 Å². The second kappa shape index (κ2) is 13.2. The van der Waals surface area contributed by atoms with Crippen LogP contribution in [0, 0.1) is 5.92 Å². The third kappa shape index (κ3) is 10.3. The molecule has 0 bridgehead atoms. The molecule has 0 heterocycles. The highest BCUT2D eigenvalue weighted by molar-refractivity contribution is 8.37. The summed E-state index contributed by atoms with van der Waals surface area (Å²) in [7, 11) is 0. The van der Waals surface area contributed by atoms with Gasteiger partial charge in [0, 0.05) is 0 Å². The van der Waals surface area contributed by atoms with Crippen molar-refractivity contribution in [2.24, 2.45) is 5.92 Å². The summed E-state index contributed by atoms with van der Waals surface area (Å²) in [4.78, 5) is 12.3. The Kier molecular flexibility index (Phi) is 13.2. The molecule has 0 aliphatic rings. The average Bonchev–Trinajstić information content (AvgIpc) is 2.49. The molecule has 0 saturated carbocycles. The van der Waals surface area contributed by atoms with Gasteiger partial charge in [0.15, 0.2) is 4.08 Å². The molecule has 0 amide bonds. The summed E-state index contributed by atoms with van der Waals surface area (Å²) in [6.07, 6.45) is 4.30. The summed E-state index contributed by atoms with van der Waals surface area (Å²) >= 11 is 12.7. The highest BCUT2D eigenvalue weighted by Crippen LogP contribution is 2.46. The van der Waals surface area contributed by atoms with Crippen molar-refractivity contribution >= 4 is 62.7 Å². The van der Waals surface area contributed by atoms with Gasteiger partial charge in [-0.15, -0.1) is 0 Å². The third-order valence-corrected chi connectivity index (χ3v) is 6.65. The van der Waals surface area contributed by atoms with Gasteiger partial charge in [0.05, 0.1) is 12.2 Å². The monoisotopic (exact) mass is 440 g/mol. The van der Waals surface area contributed by atoms with E-state index in [2.05, 4.69) is 13.8 Å². The number of carboxylic acids is 1. The van der Waals surface area contributed by atoms with E-state index < -0.39 is 10.0 Å². The molecule has 0 spiro atoms. The lowest BCUT2D eigenvalue weighted by atomic mass is 9.94. The Balaban J connectivity index is 5.55. The first-order valence-corrected chi connectivity index (χ1v) is 11.5. The Bertz CT molecular complexity index is 442. The van der Waals surface area contributed by atoms with Gasteiger partial charge in [-0.25, -0.2) is 4.79 Å². The Morgan fingerprint density at radius 1 is 1.04 bits per heavy atom. The van der Waals surface area contributed by atoms with Crippen LogP contribution in [0.15, 0.2) is 0 Å². The molecule has 8 heteroatoms. The quantitative estimate of drug-likeness (QED) is 0.298. The Hall–Kier alpha value is -0.0500. The molecule has 0 rings (SSSR count). The van der Waals surface area contributed by atoms with Gasteiger partial charge < -0.3 is 14.6 Å². The van der Waals surface area contributed by atoms with E-state index in [4.69, 9.17) is 33.9 Å². The molecule has 0 aromatic heterocycles. The molecular weight excluding hydrogens is 408 g/mol. The van der Waals surface area contributed by atoms with Crippen LogP contribution in [0.5, 0.6) is 0 Å². The number of carbonyl (C=O) groups is 1. The largest absolute Gasteiger partial charge is 0.480 e. The van der Waals surface area contributed by atoms with Gasteiger partial charge in [0.1, 0.15) is 0 Å². The molecule has 1 N–H and O–H groups in total.